The zero-order chi connectivity index (χ0) is 18.6. The van der Waals surface area contributed by atoms with Gasteiger partial charge in [-0.25, -0.2) is 13.1 Å². The van der Waals surface area contributed by atoms with Crippen molar-refractivity contribution in [3.05, 3.63) is 60.0 Å². The molecule has 0 saturated carbocycles. The Morgan fingerprint density at radius 2 is 1.85 bits per heavy atom. The molecular formula is C18H19N3O4S. The molecule has 3 aromatic rings. The monoisotopic (exact) mass is 373 g/mol. The number of aryl methyl sites for hydroxylation is 1. The van der Waals surface area contributed by atoms with Crippen LogP contribution in [0, 0.1) is 6.92 Å². The van der Waals surface area contributed by atoms with Gasteiger partial charge in [0.2, 0.25) is 21.7 Å². The Morgan fingerprint density at radius 3 is 2.54 bits per heavy atom. The zero-order valence-electron chi connectivity index (χ0n) is 14.5. The molecule has 3 rings (SSSR count). The second kappa shape index (κ2) is 7.67. The minimum Gasteiger partial charge on any atom is -0.497 e. The Hall–Kier alpha value is -2.71. The first kappa shape index (κ1) is 18.1. The number of methoxy groups -OCH3 is 1. The van der Waals surface area contributed by atoms with Crippen LogP contribution in [0.3, 0.4) is 0 Å². The average molecular weight is 373 g/mol. The maximum atomic E-state index is 12.3. The second-order valence-electron chi connectivity index (χ2n) is 5.65. The van der Waals surface area contributed by atoms with Crippen LogP contribution >= 0.6 is 0 Å². The lowest BCUT2D eigenvalue weighted by molar-refractivity contribution is 0.379. The van der Waals surface area contributed by atoms with Gasteiger partial charge in [0.1, 0.15) is 5.75 Å². The van der Waals surface area contributed by atoms with E-state index < -0.39 is 10.0 Å². The summed E-state index contributed by atoms with van der Waals surface area (Å²) in [6.45, 7) is 2.12. The van der Waals surface area contributed by atoms with E-state index >= 15 is 0 Å². The molecule has 2 aromatic carbocycles. The number of aromatic nitrogens is 2. The van der Waals surface area contributed by atoms with Crippen LogP contribution in [0.15, 0.2) is 57.9 Å². The van der Waals surface area contributed by atoms with E-state index in [9.17, 15) is 8.42 Å². The van der Waals surface area contributed by atoms with Crippen LogP contribution in [-0.4, -0.2) is 32.2 Å². The third-order valence-corrected chi connectivity index (χ3v) is 5.33. The van der Waals surface area contributed by atoms with Crippen LogP contribution in [0.25, 0.3) is 11.4 Å². The van der Waals surface area contributed by atoms with E-state index in [1.807, 2.05) is 31.2 Å². The van der Waals surface area contributed by atoms with Crippen molar-refractivity contribution in [3.8, 4) is 17.1 Å². The fourth-order valence-electron chi connectivity index (χ4n) is 2.42. The molecule has 0 radical (unpaired) electrons. The highest BCUT2D eigenvalue weighted by atomic mass is 32.2. The quantitative estimate of drug-likeness (QED) is 0.684. The lowest BCUT2D eigenvalue weighted by atomic mass is 10.1. The van der Waals surface area contributed by atoms with E-state index in [1.165, 1.54) is 19.2 Å². The van der Waals surface area contributed by atoms with Crippen molar-refractivity contribution in [1.82, 2.24) is 14.9 Å². The Balaban J connectivity index is 1.62. The van der Waals surface area contributed by atoms with Crippen molar-refractivity contribution >= 4 is 10.0 Å². The summed E-state index contributed by atoms with van der Waals surface area (Å²) in [6, 6.07) is 13.9. The van der Waals surface area contributed by atoms with E-state index in [1.54, 1.807) is 12.1 Å². The van der Waals surface area contributed by atoms with Gasteiger partial charge in [0.25, 0.3) is 0 Å². The van der Waals surface area contributed by atoms with Gasteiger partial charge in [-0.05, 0) is 36.8 Å². The fourth-order valence-corrected chi connectivity index (χ4v) is 3.45. The molecule has 0 amide bonds. The number of sulfonamides is 1. The molecule has 0 aliphatic carbocycles. The van der Waals surface area contributed by atoms with Crippen LogP contribution in [0.5, 0.6) is 5.75 Å². The van der Waals surface area contributed by atoms with Crippen LogP contribution in [0.4, 0.5) is 0 Å². The molecule has 7 nitrogen and oxygen atoms in total. The summed E-state index contributed by atoms with van der Waals surface area (Å²) in [7, 11) is -2.08. The second-order valence-corrected chi connectivity index (χ2v) is 7.42. The first-order valence-electron chi connectivity index (χ1n) is 8.02. The number of benzene rings is 2. The highest BCUT2D eigenvalue weighted by Gasteiger charge is 2.15. The minimum atomic E-state index is -3.60. The Morgan fingerprint density at radius 1 is 1.12 bits per heavy atom. The number of ether oxygens (including phenoxy) is 1. The molecule has 1 heterocycles. The van der Waals surface area contributed by atoms with Gasteiger partial charge in [-0.2, -0.15) is 4.98 Å². The number of rotatable bonds is 7. The summed E-state index contributed by atoms with van der Waals surface area (Å²) in [5.41, 5.74) is 1.93. The van der Waals surface area contributed by atoms with Crippen LogP contribution in [0.1, 0.15) is 11.5 Å². The van der Waals surface area contributed by atoms with Gasteiger partial charge < -0.3 is 9.26 Å². The van der Waals surface area contributed by atoms with Gasteiger partial charge in [-0.3, -0.25) is 0 Å². The largest absolute Gasteiger partial charge is 0.497 e. The van der Waals surface area contributed by atoms with Crippen molar-refractivity contribution in [2.45, 2.75) is 18.2 Å². The third kappa shape index (κ3) is 4.09. The Bertz CT molecular complexity index is 982. The normalized spacial score (nSPS) is 11.5. The average Bonchev–Trinajstić information content (AvgIpc) is 3.10. The molecule has 0 fully saturated rings. The standard InChI is InChI=1S/C18H19N3O4S/c1-13-5-3-4-6-16(13)18-20-17(25-21-18)11-12-19-26(22,23)15-9-7-14(24-2)8-10-15/h3-10,19H,11-12H2,1-2H3. The predicted molar refractivity (Wildman–Crippen MR) is 96.4 cm³/mol. The zero-order valence-corrected chi connectivity index (χ0v) is 15.3. The van der Waals surface area contributed by atoms with E-state index in [0.717, 1.165) is 11.1 Å². The molecule has 1 aromatic heterocycles. The number of nitrogens with zero attached hydrogens (tertiary/aromatic N) is 2. The molecule has 0 aliphatic rings. The first-order chi connectivity index (χ1) is 12.5. The number of nitrogens with one attached hydrogen (secondary N) is 1. The molecule has 0 unspecified atom stereocenters. The van der Waals surface area contributed by atoms with Crippen LogP contribution < -0.4 is 9.46 Å². The van der Waals surface area contributed by atoms with Gasteiger partial charge in [-0.15, -0.1) is 0 Å². The van der Waals surface area contributed by atoms with Crippen molar-refractivity contribution in [2.75, 3.05) is 13.7 Å². The topological polar surface area (TPSA) is 94.3 Å². The third-order valence-electron chi connectivity index (χ3n) is 3.85. The summed E-state index contributed by atoms with van der Waals surface area (Å²) < 4.78 is 37.3. The molecule has 0 atom stereocenters. The highest BCUT2D eigenvalue weighted by Crippen LogP contribution is 2.20. The summed E-state index contributed by atoms with van der Waals surface area (Å²) in [4.78, 5) is 4.50. The van der Waals surface area contributed by atoms with Crippen LogP contribution in [0.2, 0.25) is 0 Å². The van der Waals surface area contributed by atoms with E-state index in [2.05, 4.69) is 14.9 Å². The molecule has 8 heteroatoms. The van der Waals surface area contributed by atoms with Gasteiger partial charge in [0.05, 0.1) is 12.0 Å². The van der Waals surface area contributed by atoms with Crippen molar-refractivity contribution in [1.29, 1.82) is 0 Å². The fraction of sp³-hybridized carbons (Fsp3) is 0.222. The van der Waals surface area contributed by atoms with E-state index in [0.29, 0.717) is 23.9 Å². The summed E-state index contributed by atoms with van der Waals surface area (Å²) in [6.07, 6.45) is 0.300. The van der Waals surface area contributed by atoms with Gasteiger partial charge in [0, 0.05) is 18.5 Å². The smallest absolute Gasteiger partial charge is 0.240 e. The first-order valence-corrected chi connectivity index (χ1v) is 9.50. The van der Waals surface area contributed by atoms with Gasteiger partial charge in [-0.1, -0.05) is 29.4 Å². The van der Waals surface area contributed by atoms with Crippen molar-refractivity contribution in [3.63, 3.8) is 0 Å². The lowest BCUT2D eigenvalue weighted by Crippen LogP contribution is -2.26. The summed E-state index contributed by atoms with van der Waals surface area (Å²) >= 11 is 0. The summed E-state index contributed by atoms with van der Waals surface area (Å²) in [5, 5.41) is 3.96. The maximum Gasteiger partial charge on any atom is 0.240 e. The predicted octanol–water partition coefficient (Wildman–Crippen LogP) is 2.57. The molecular weight excluding hydrogens is 354 g/mol. The number of hydrogen-bond donors (Lipinski definition) is 1. The molecule has 26 heavy (non-hydrogen) atoms. The molecule has 0 spiro atoms. The molecule has 0 saturated heterocycles. The molecule has 1 N–H and O–H groups in total. The Labute approximate surface area is 152 Å². The molecule has 136 valence electrons. The highest BCUT2D eigenvalue weighted by molar-refractivity contribution is 7.89. The molecule has 0 aliphatic heterocycles. The van der Waals surface area contributed by atoms with Gasteiger partial charge in [0.15, 0.2) is 0 Å². The number of hydrogen-bond acceptors (Lipinski definition) is 6. The van der Waals surface area contributed by atoms with Crippen molar-refractivity contribution < 1.29 is 17.7 Å². The lowest BCUT2D eigenvalue weighted by Gasteiger charge is -2.06. The Kier molecular flexibility index (Phi) is 5.34. The van der Waals surface area contributed by atoms with Crippen molar-refractivity contribution in [2.24, 2.45) is 0 Å². The van der Waals surface area contributed by atoms with E-state index in [4.69, 9.17) is 9.26 Å². The van der Waals surface area contributed by atoms with Crippen LogP contribution in [-0.2, 0) is 16.4 Å². The SMILES string of the molecule is COc1ccc(S(=O)(=O)NCCc2nc(-c3ccccc3C)no2)cc1. The summed E-state index contributed by atoms with van der Waals surface area (Å²) in [5.74, 6) is 1.47. The minimum absolute atomic E-state index is 0.157. The maximum absolute atomic E-state index is 12.3. The van der Waals surface area contributed by atoms with E-state index in [-0.39, 0.29) is 11.4 Å². The van der Waals surface area contributed by atoms with Gasteiger partial charge >= 0.3 is 0 Å². The molecule has 0 bridgehead atoms.